The van der Waals surface area contributed by atoms with E-state index in [9.17, 15) is 0 Å². The average molecular weight is 273 g/mol. The number of aromatic nitrogens is 2. The van der Waals surface area contributed by atoms with Gasteiger partial charge in [0.1, 0.15) is 5.75 Å². The molecule has 0 aliphatic rings. The number of hydrogen-bond donors (Lipinski definition) is 1. The van der Waals surface area contributed by atoms with Crippen molar-refractivity contribution in [2.24, 2.45) is 12.8 Å². The van der Waals surface area contributed by atoms with Crippen LogP contribution >= 0.6 is 0 Å². The van der Waals surface area contributed by atoms with Gasteiger partial charge in [-0.15, -0.1) is 0 Å². The second-order valence-electron chi connectivity index (χ2n) is 4.90. The minimum Gasteiger partial charge on any atom is -0.493 e. The molecule has 0 saturated carbocycles. The Bertz CT molecular complexity index is 563. The van der Waals surface area contributed by atoms with E-state index in [1.165, 1.54) is 0 Å². The first-order valence-corrected chi connectivity index (χ1v) is 7.17. The number of benzene rings is 1. The summed E-state index contributed by atoms with van der Waals surface area (Å²) in [5.74, 6) is 0.862. The predicted molar refractivity (Wildman–Crippen MR) is 80.8 cm³/mol. The van der Waals surface area contributed by atoms with Crippen molar-refractivity contribution in [3.05, 3.63) is 47.3 Å². The summed E-state index contributed by atoms with van der Waals surface area (Å²) in [6.07, 6.45) is 1.89. The van der Waals surface area contributed by atoms with E-state index in [2.05, 4.69) is 25.0 Å². The number of nitrogens with two attached hydrogens (primary N) is 1. The maximum atomic E-state index is 6.42. The Morgan fingerprint density at radius 3 is 2.70 bits per heavy atom. The number of ether oxygens (including phenoxy) is 1. The molecule has 1 unspecified atom stereocenters. The maximum Gasteiger partial charge on any atom is 0.124 e. The summed E-state index contributed by atoms with van der Waals surface area (Å²) < 4.78 is 7.65. The van der Waals surface area contributed by atoms with Crippen LogP contribution < -0.4 is 10.5 Å². The number of rotatable bonds is 6. The molecule has 0 bridgehead atoms. The van der Waals surface area contributed by atoms with E-state index in [-0.39, 0.29) is 6.04 Å². The van der Waals surface area contributed by atoms with E-state index in [4.69, 9.17) is 10.5 Å². The van der Waals surface area contributed by atoms with E-state index in [0.717, 1.165) is 35.5 Å². The lowest BCUT2D eigenvalue weighted by Crippen LogP contribution is -2.17. The standard InChI is InChI=1S/C16H23N3O/c1-4-10-20-15-9-7-6-8-13(15)16(17)14-11-12(5-2)18-19(14)3/h6-9,11,16H,4-5,10,17H2,1-3H3. The fourth-order valence-corrected chi connectivity index (χ4v) is 2.25. The molecular weight excluding hydrogens is 250 g/mol. The summed E-state index contributed by atoms with van der Waals surface area (Å²) in [6, 6.07) is 9.81. The molecule has 108 valence electrons. The quantitative estimate of drug-likeness (QED) is 0.880. The largest absolute Gasteiger partial charge is 0.493 e. The number of para-hydroxylation sites is 1. The highest BCUT2D eigenvalue weighted by molar-refractivity contribution is 5.40. The van der Waals surface area contributed by atoms with Gasteiger partial charge in [0.15, 0.2) is 0 Å². The van der Waals surface area contributed by atoms with Crippen molar-refractivity contribution >= 4 is 0 Å². The van der Waals surface area contributed by atoms with Crippen molar-refractivity contribution in [1.82, 2.24) is 9.78 Å². The highest BCUT2D eigenvalue weighted by Crippen LogP contribution is 2.28. The minimum absolute atomic E-state index is 0.221. The van der Waals surface area contributed by atoms with Gasteiger partial charge in [0.05, 0.1) is 24.0 Å². The Hall–Kier alpha value is -1.81. The zero-order valence-electron chi connectivity index (χ0n) is 12.5. The van der Waals surface area contributed by atoms with Crippen LogP contribution in [-0.4, -0.2) is 16.4 Å². The average Bonchev–Trinajstić information content (AvgIpc) is 2.86. The first-order chi connectivity index (χ1) is 9.67. The summed E-state index contributed by atoms with van der Waals surface area (Å²) in [5, 5.41) is 4.46. The van der Waals surface area contributed by atoms with Gasteiger partial charge in [0.2, 0.25) is 0 Å². The van der Waals surface area contributed by atoms with Crippen LogP contribution in [0.2, 0.25) is 0 Å². The summed E-state index contributed by atoms with van der Waals surface area (Å²) in [5.41, 5.74) is 9.49. The topological polar surface area (TPSA) is 53.1 Å². The van der Waals surface area contributed by atoms with E-state index >= 15 is 0 Å². The van der Waals surface area contributed by atoms with Gasteiger partial charge in [-0.25, -0.2) is 0 Å². The van der Waals surface area contributed by atoms with Gasteiger partial charge in [0, 0.05) is 12.6 Å². The molecule has 0 aliphatic heterocycles. The third-order valence-electron chi connectivity index (χ3n) is 3.36. The molecule has 4 nitrogen and oxygen atoms in total. The van der Waals surface area contributed by atoms with Crippen molar-refractivity contribution in [3.63, 3.8) is 0 Å². The Labute approximate surface area is 120 Å². The zero-order chi connectivity index (χ0) is 14.5. The second-order valence-corrected chi connectivity index (χ2v) is 4.90. The molecule has 2 aromatic rings. The van der Waals surface area contributed by atoms with Gasteiger partial charge in [-0.1, -0.05) is 32.0 Å². The Morgan fingerprint density at radius 1 is 1.30 bits per heavy atom. The van der Waals surface area contributed by atoms with Gasteiger partial charge in [-0.05, 0) is 25.0 Å². The molecule has 0 spiro atoms. The van der Waals surface area contributed by atoms with E-state index in [0.29, 0.717) is 6.61 Å². The fraction of sp³-hybridized carbons (Fsp3) is 0.438. The molecule has 1 atom stereocenters. The summed E-state index contributed by atoms with van der Waals surface area (Å²) in [6.45, 7) is 4.89. The SMILES string of the molecule is CCCOc1ccccc1C(N)c1cc(CC)nn1C. The van der Waals surface area contributed by atoms with Crippen LogP contribution in [0.5, 0.6) is 5.75 Å². The van der Waals surface area contributed by atoms with E-state index in [1.54, 1.807) is 0 Å². The molecule has 1 aromatic heterocycles. The van der Waals surface area contributed by atoms with Crippen molar-refractivity contribution in [3.8, 4) is 5.75 Å². The molecule has 1 heterocycles. The predicted octanol–water partition coefficient (Wildman–Crippen LogP) is 2.82. The molecule has 0 aliphatic carbocycles. The fourth-order valence-electron chi connectivity index (χ4n) is 2.25. The molecule has 0 radical (unpaired) electrons. The van der Waals surface area contributed by atoms with Gasteiger partial charge in [-0.2, -0.15) is 5.10 Å². The molecule has 4 heteroatoms. The van der Waals surface area contributed by atoms with Gasteiger partial charge in [-0.3, -0.25) is 4.68 Å². The highest BCUT2D eigenvalue weighted by atomic mass is 16.5. The lowest BCUT2D eigenvalue weighted by Gasteiger charge is -2.17. The zero-order valence-corrected chi connectivity index (χ0v) is 12.5. The minimum atomic E-state index is -0.221. The molecule has 0 fully saturated rings. The number of aryl methyl sites for hydroxylation is 2. The van der Waals surface area contributed by atoms with E-state index < -0.39 is 0 Å². The monoisotopic (exact) mass is 273 g/mol. The first kappa shape index (κ1) is 14.6. The molecule has 2 N–H and O–H groups in total. The lowest BCUT2D eigenvalue weighted by molar-refractivity contribution is 0.313. The molecule has 1 aromatic carbocycles. The third-order valence-corrected chi connectivity index (χ3v) is 3.36. The second kappa shape index (κ2) is 6.57. The molecule has 20 heavy (non-hydrogen) atoms. The highest BCUT2D eigenvalue weighted by Gasteiger charge is 2.18. The van der Waals surface area contributed by atoms with Crippen LogP contribution in [-0.2, 0) is 13.5 Å². The van der Waals surface area contributed by atoms with Crippen LogP contribution in [0.4, 0.5) is 0 Å². The first-order valence-electron chi connectivity index (χ1n) is 7.17. The van der Waals surface area contributed by atoms with E-state index in [1.807, 2.05) is 36.0 Å². The van der Waals surface area contributed by atoms with Gasteiger partial charge in [0.25, 0.3) is 0 Å². The van der Waals surface area contributed by atoms with Crippen LogP contribution in [0.1, 0.15) is 43.3 Å². The molecule has 2 rings (SSSR count). The van der Waals surface area contributed by atoms with Crippen molar-refractivity contribution < 1.29 is 4.74 Å². The Morgan fingerprint density at radius 2 is 2.05 bits per heavy atom. The normalized spacial score (nSPS) is 12.4. The van der Waals surface area contributed by atoms with Crippen LogP contribution in [0.3, 0.4) is 0 Å². The number of hydrogen-bond acceptors (Lipinski definition) is 3. The third kappa shape index (κ3) is 3.02. The van der Waals surface area contributed by atoms with Crippen molar-refractivity contribution in [2.45, 2.75) is 32.7 Å². The summed E-state index contributed by atoms with van der Waals surface area (Å²) in [4.78, 5) is 0. The molecular formula is C16H23N3O. The molecule has 0 amide bonds. The summed E-state index contributed by atoms with van der Waals surface area (Å²) >= 11 is 0. The van der Waals surface area contributed by atoms with Crippen molar-refractivity contribution in [2.75, 3.05) is 6.61 Å². The van der Waals surface area contributed by atoms with Crippen molar-refractivity contribution in [1.29, 1.82) is 0 Å². The smallest absolute Gasteiger partial charge is 0.124 e. The Balaban J connectivity index is 2.32. The van der Waals surface area contributed by atoms with Gasteiger partial charge >= 0.3 is 0 Å². The number of nitrogens with zero attached hydrogens (tertiary/aromatic N) is 2. The summed E-state index contributed by atoms with van der Waals surface area (Å²) in [7, 11) is 1.93. The maximum absolute atomic E-state index is 6.42. The lowest BCUT2D eigenvalue weighted by atomic mass is 10.0. The molecule has 0 saturated heterocycles. The van der Waals surface area contributed by atoms with Crippen LogP contribution in [0, 0.1) is 0 Å². The van der Waals surface area contributed by atoms with Crippen LogP contribution in [0.25, 0.3) is 0 Å². The van der Waals surface area contributed by atoms with Gasteiger partial charge < -0.3 is 10.5 Å². The van der Waals surface area contributed by atoms with Crippen LogP contribution in [0.15, 0.2) is 30.3 Å². The Kier molecular flexibility index (Phi) is 4.79.